The second kappa shape index (κ2) is 7.16. The van der Waals surface area contributed by atoms with Gasteiger partial charge in [-0.1, -0.05) is 11.6 Å². The van der Waals surface area contributed by atoms with Crippen molar-refractivity contribution in [3.05, 3.63) is 17.2 Å². The second-order valence-corrected chi connectivity index (χ2v) is 7.01. The number of piperidine rings is 1. The molecule has 0 atom stereocenters. The van der Waals surface area contributed by atoms with Gasteiger partial charge in [-0.05, 0) is 26.0 Å². The summed E-state index contributed by atoms with van der Waals surface area (Å²) in [4.78, 5) is 7.42. The third-order valence-electron chi connectivity index (χ3n) is 5.16. The number of hydrogen-bond donors (Lipinski definition) is 1. The van der Waals surface area contributed by atoms with Crippen molar-refractivity contribution in [2.24, 2.45) is 0 Å². The van der Waals surface area contributed by atoms with Gasteiger partial charge in [-0.25, -0.2) is 0 Å². The number of rotatable bonds is 3. The van der Waals surface area contributed by atoms with E-state index in [1.165, 1.54) is 39.0 Å². The van der Waals surface area contributed by atoms with E-state index in [4.69, 9.17) is 22.1 Å². The smallest absolute Gasteiger partial charge is 0.143 e. The zero-order chi connectivity index (χ0) is 16.4. The number of nitrogens with zero attached hydrogens (tertiary/aromatic N) is 3. The van der Waals surface area contributed by atoms with Gasteiger partial charge in [0, 0.05) is 51.4 Å². The fourth-order valence-electron chi connectivity index (χ4n) is 3.64. The Hall–Kier alpha value is -1.17. The van der Waals surface area contributed by atoms with Crippen LogP contribution >= 0.6 is 11.6 Å². The molecule has 2 aliphatic heterocycles. The number of halogens is 1. The first-order valence-corrected chi connectivity index (χ1v) is 8.77. The van der Waals surface area contributed by atoms with Crippen molar-refractivity contribution in [3.8, 4) is 5.75 Å². The van der Waals surface area contributed by atoms with Crippen LogP contribution < -0.4 is 15.4 Å². The first-order chi connectivity index (χ1) is 11.1. The molecule has 5 nitrogen and oxygen atoms in total. The Labute approximate surface area is 143 Å². The van der Waals surface area contributed by atoms with Crippen LogP contribution in [0.25, 0.3) is 0 Å². The Bertz CT molecular complexity index is 538. The summed E-state index contributed by atoms with van der Waals surface area (Å²) in [6.45, 7) is 6.81. The summed E-state index contributed by atoms with van der Waals surface area (Å²) in [5.41, 5.74) is 7.55. The van der Waals surface area contributed by atoms with Crippen molar-refractivity contribution in [2.75, 3.05) is 64.1 Å². The average Bonchev–Trinajstić information content (AvgIpc) is 2.56. The lowest BCUT2D eigenvalue weighted by Gasteiger charge is -2.42. The molecule has 2 aliphatic rings. The topological polar surface area (TPSA) is 45.0 Å². The van der Waals surface area contributed by atoms with Gasteiger partial charge in [0.05, 0.1) is 23.5 Å². The van der Waals surface area contributed by atoms with Gasteiger partial charge in [-0.3, -0.25) is 4.90 Å². The van der Waals surface area contributed by atoms with Crippen LogP contribution in [0.1, 0.15) is 12.8 Å². The minimum atomic E-state index is 0.591. The third kappa shape index (κ3) is 3.67. The fraction of sp³-hybridized carbons (Fsp3) is 0.647. The predicted octanol–water partition coefficient (Wildman–Crippen LogP) is 2.15. The van der Waals surface area contributed by atoms with E-state index < -0.39 is 0 Å². The molecular weight excluding hydrogens is 312 g/mol. The minimum Gasteiger partial charge on any atom is -0.495 e. The molecule has 1 aromatic rings. The molecule has 0 aliphatic carbocycles. The summed E-state index contributed by atoms with van der Waals surface area (Å²) in [7, 11) is 3.85. The standard InChI is InChI=1S/C17H27ClN4O/c1-20-7-9-21(10-8-20)13-3-5-22(6-4-13)16-12-17(23-2)15(19)11-14(16)18/h11-13H,3-10,19H2,1-2H3. The number of benzene rings is 1. The molecule has 2 heterocycles. The van der Waals surface area contributed by atoms with Crippen molar-refractivity contribution < 1.29 is 4.74 Å². The Morgan fingerprint density at radius 2 is 1.74 bits per heavy atom. The Morgan fingerprint density at radius 3 is 2.35 bits per heavy atom. The second-order valence-electron chi connectivity index (χ2n) is 6.60. The van der Waals surface area contributed by atoms with E-state index in [0.29, 0.717) is 22.5 Å². The van der Waals surface area contributed by atoms with Crippen LogP contribution in [0.15, 0.2) is 12.1 Å². The summed E-state index contributed by atoms with van der Waals surface area (Å²) in [6.07, 6.45) is 2.37. The molecule has 3 rings (SSSR count). The quantitative estimate of drug-likeness (QED) is 0.856. The van der Waals surface area contributed by atoms with E-state index in [-0.39, 0.29) is 0 Å². The summed E-state index contributed by atoms with van der Waals surface area (Å²) < 4.78 is 5.33. The molecule has 2 N–H and O–H groups in total. The lowest BCUT2D eigenvalue weighted by molar-refractivity contribution is 0.0982. The lowest BCUT2D eigenvalue weighted by atomic mass is 10.0. The number of nitrogen functional groups attached to an aromatic ring is 1. The van der Waals surface area contributed by atoms with Gasteiger partial charge >= 0.3 is 0 Å². The highest BCUT2D eigenvalue weighted by atomic mass is 35.5. The molecule has 23 heavy (non-hydrogen) atoms. The molecule has 0 amide bonds. The SMILES string of the molecule is COc1cc(N2CCC(N3CCN(C)CC3)CC2)c(Cl)cc1N. The number of methoxy groups -OCH3 is 1. The maximum absolute atomic E-state index is 6.40. The van der Waals surface area contributed by atoms with Crippen molar-refractivity contribution in [2.45, 2.75) is 18.9 Å². The predicted molar refractivity (Wildman–Crippen MR) is 96.7 cm³/mol. The minimum absolute atomic E-state index is 0.591. The molecule has 0 bridgehead atoms. The summed E-state index contributed by atoms with van der Waals surface area (Å²) >= 11 is 6.40. The largest absolute Gasteiger partial charge is 0.495 e. The first kappa shape index (κ1) is 16.7. The molecule has 0 unspecified atom stereocenters. The molecule has 2 saturated heterocycles. The molecular formula is C17H27ClN4O. The van der Waals surface area contributed by atoms with Crippen LogP contribution in [0.5, 0.6) is 5.75 Å². The number of likely N-dealkylation sites (N-methyl/N-ethyl adjacent to an activating group) is 1. The molecule has 6 heteroatoms. The molecule has 2 fully saturated rings. The third-order valence-corrected chi connectivity index (χ3v) is 5.46. The monoisotopic (exact) mass is 338 g/mol. The van der Waals surface area contributed by atoms with E-state index in [1.54, 1.807) is 13.2 Å². The number of anilines is 2. The van der Waals surface area contributed by atoms with Gasteiger partial charge in [-0.2, -0.15) is 0 Å². The van der Waals surface area contributed by atoms with Crippen molar-refractivity contribution in [1.82, 2.24) is 9.80 Å². The van der Waals surface area contributed by atoms with Crippen molar-refractivity contribution >= 4 is 23.0 Å². The first-order valence-electron chi connectivity index (χ1n) is 8.39. The number of ether oxygens (including phenoxy) is 1. The molecule has 0 spiro atoms. The number of piperazine rings is 1. The lowest BCUT2D eigenvalue weighted by Crippen LogP contribution is -2.52. The van der Waals surface area contributed by atoms with Gasteiger partial charge in [-0.15, -0.1) is 0 Å². The Morgan fingerprint density at radius 1 is 1.09 bits per heavy atom. The zero-order valence-electron chi connectivity index (χ0n) is 14.1. The summed E-state index contributed by atoms with van der Waals surface area (Å²) in [5, 5.41) is 0.710. The van der Waals surface area contributed by atoms with Gasteiger partial charge < -0.3 is 20.3 Å². The van der Waals surface area contributed by atoms with E-state index in [2.05, 4.69) is 21.7 Å². The van der Waals surface area contributed by atoms with Crippen LogP contribution in [-0.2, 0) is 0 Å². The molecule has 128 valence electrons. The van der Waals surface area contributed by atoms with E-state index >= 15 is 0 Å². The number of hydrogen-bond acceptors (Lipinski definition) is 5. The van der Waals surface area contributed by atoms with Crippen LogP contribution in [0, 0.1) is 0 Å². The van der Waals surface area contributed by atoms with Crippen molar-refractivity contribution in [1.29, 1.82) is 0 Å². The zero-order valence-corrected chi connectivity index (χ0v) is 14.9. The fourth-order valence-corrected chi connectivity index (χ4v) is 3.93. The maximum atomic E-state index is 6.40. The van der Waals surface area contributed by atoms with E-state index in [1.807, 2.05) is 6.07 Å². The highest BCUT2D eigenvalue weighted by Gasteiger charge is 2.27. The molecule has 0 aromatic heterocycles. The average molecular weight is 339 g/mol. The van der Waals surface area contributed by atoms with Crippen molar-refractivity contribution in [3.63, 3.8) is 0 Å². The van der Waals surface area contributed by atoms with E-state index in [0.717, 1.165) is 18.8 Å². The van der Waals surface area contributed by atoms with E-state index in [9.17, 15) is 0 Å². The summed E-state index contributed by atoms with van der Waals surface area (Å²) in [5.74, 6) is 0.700. The molecule has 0 radical (unpaired) electrons. The van der Waals surface area contributed by atoms with Crippen LogP contribution in [0.3, 0.4) is 0 Å². The Balaban J connectivity index is 1.63. The summed E-state index contributed by atoms with van der Waals surface area (Å²) in [6, 6.07) is 4.46. The van der Waals surface area contributed by atoms with Crippen LogP contribution in [0.2, 0.25) is 5.02 Å². The van der Waals surface area contributed by atoms with Crippen LogP contribution in [-0.4, -0.2) is 69.3 Å². The van der Waals surface area contributed by atoms with Gasteiger partial charge in [0.1, 0.15) is 5.75 Å². The maximum Gasteiger partial charge on any atom is 0.143 e. The highest BCUT2D eigenvalue weighted by Crippen LogP contribution is 2.36. The van der Waals surface area contributed by atoms with Gasteiger partial charge in [0.15, 0.2) is 0 Å². The van der Waals surface area contributed by atoms with Gasteiger partial charge in [0.2, 0.25) is 0 Å². The van der Waals surface area contributed by atoms with Gasteiger partial charge in [0.25, 0.3) is 0 Å². The Kier molecular flexibility index (Phi) is 5.19. The normalized spacial score (nSPS) is 21.6. The van der Waals surface area contributed by atoms with Crippen LogP contribution in [0.4, 0.5) is 11.4 Å². The highest BCUT2D eigenvalue weighted by molar-refractivity contribution is 6.33. The number of nitrogens with two attached hydrogens (primary N) is 1. The molecule has 0 saturated carbocycles. The molecule has 1 aromatic carbocycles.